The second-order valence-corrected chi connectivity index (χ2v) is 4.49. The van der Waals surface area contributed by atoms with Crippen LogP contribution in [0.5, 0.6) is 11.5 Å². The SMILES string of the molecule is CCCNc1ncnc(-c2ccc(OCC)cc2)c1OC. The Balaban J connectivity index is 2.33. The lowest BCUT2D eigenvalue weighted by molar-refractivity contribution is 0.340. The van der Waals surface area contributed by atoms with E-state index in [0.29, 0.717) is 12.4 Å². The number of benzene rings is 1. The Morgan fingerprint density at radius 3 is 2.48 bits per heavy atom. The van der Waals surface area contributed by atoms with Crippen LogP contribution in [0.25, 0.3) is 11.3 Å². The number of hydrogen-bond acceptors (Lipinski definition) is 5. The van der Waals surface area contributed by atoms with E-state index in [9.17, 15) is 0 Å². The fraction of sp³-hybridized carbons (Fsp3) is 0.375. The number of anilines is 1. The lowest BCUT2D eigenvalue weighted by atomic mass is 10.1. The Hall–Kier alpha value is -2.30. The topological polar surface area (TPSA) is 56.3 Å². The highest BCUT2D eigenvalue weighted by Gasteiger charge is 2.13. The molecule has 2 rings (SSSR count). The molecule has 5 nitrogen and oxygen atoms in total. The van der Waals surface area contributed by atoms with Crippen LogP contribution < -0.4 is 14.8 Å². The minimum atomic E-state index is 0.654. The van der Waals surface area contributed by atoms with Gasteiger partial charge in [-0.3, -0.25) is 0 Å². The molecule has 112 valence electrons. The monoisotopic (exact) mass is 287 g/mol. The molecule has 1 N–H and O–H groups in total. The maximum Gasteiger partial charge on any atom is 0.187 e. The zero-order valence-electron chi connectivity index (χ0n) is 12.7. The van der Waals surface area contributed by atoms with Crippen molar-refractivity contribution in [3.63, 3.8) is 0 Å². The van der Waals surface area contributed by atoms with Crippen molar-refractivity contribution in [2.45, 2.75) is 20.3 Å². The second-order valence-electron chi connectivity index (χ2n) is 4.49. The van der Waals surface area contributed by atoms with Gasteiger partial charge in [0, 0.05) is 12.1 Å². The first-order valence-corrected chi connectivity index (χ1v) is 7.16. The first-order chi connectivity index (χ1) is 10.3. The fourth-order valence-corrected chi connectivity index (χ4v) is 2.02. The van der Waals surface area contributed by atoms with Gasteiger partial charge in [0.15, 0.2) is 11.6 Å². The average Bonchev–Trinajstić information content (AvgIpc) is 2.53. The van der Waals surface area contributed by atoms with Crippen LogP contribution in [0.3, 0.4) is 0 Å². The highest BCUT2D eigenvalue weighted by Crippen LogP contribution is 2.33. The number of rotatable bonds is 7. The highest BCUT2D eigenvalue weighted by molar-refractivity contribution is 5.72. The Bertz CT molecular complexity index is 570. The third-order valence-corrected chi connectivity index (χ3v) is 2.99. The lowest BCUT2D eigenvalue weighted by Gasteiger charge is -2.13. The maximum atomic E-state index is 5.49. The van der Waals surface area contributed by atoms with Crippen LogP contribution in [-0.2, 0) is 0 Å². The molecular weight excluding hydrogens is 266 g/mol. The highest BCUT2D eigenvalue weighted by atomic mass is 16.5. The van der Waals surface area contributed by atoms with Gasteiger partial charge in [-0.05, 0) is 37.6 Å². The molecule has 2 aromatic rings. The van der Waals surface area contributed by atoms with Gasteiger partial charge in [0.1, 0.15) is 17.8 Å². The van der Waals surface area contributed by atoms with Crippen molar-refractivity contribution >= 4 is 5.82 Å². The van der Waals surface area contributed by atoms with E-state index >= 15 is 0 Å². The van der Waals surface area contributed by atoms with Crippen LogP contribution in [0.1, 0.15) is 20.3 Å². The van der Waals surface area contributed by atoms with Crippen LogP contribution in [0, 0.1) is 0 Å². The Labute approximate surface area is 125 Å². The number of methoxy groups -OCH3 is 1. The molecule has 0 fully saturated rings. The fourth-order valence-electron chi connectivity index (χ4n) is 2.02. The molecule has 5 heteroatoms. The van der Waals surface area contributed by atoms with E-state index in [1.165, 1.54) is 0 Å². The quantitative estimate of drug-likeness (QED) is 0.846. The summed E-state index contributed by atoms with van der Waals surface area (Å²) in [5.41, 5.74) is 1.74. The molecule has 0 amide bonds. The van der Waals surface area contributed by atoms with Crippen LogP contribution in [0.4, 0.5) is 5.82 Å². The van der Waals surface area contributed by atoms with Gasteiger partial charge in [0.25, 0.3) is 0 Å². The summed E-state index contributed by atoms with van der Waals surface area (Å²) in [4.78, 5) is 8.60. The van der Waals surface area contributed by atoms with Crippen molar-refractivity contribution in [3.05, 3.63) is 30.6 Å². The van der Waals surface area contributed by atoms with Crippen molar-refractivity contribution in [1.29, 1.82) is 0 Å². The summed E-state index contributed by atoms with van der Waals surface area (Å²) in [6.45, 7) is 5.57. The van der Waals surface area contributed by atoms with Crippen LogP contribution in [0.15, 0.2) is 30.6 Å². The molecule has 0 radical (unpaired) electrons. The van der Waals surface area contributed by atoms with Gasteiger partial charge in [-0.15, -0.1) is 0 Å². The van der Waals surface area contributed by atoms with E-state index in [1.807, 2.05) is 31.2 Å². The predicted molar refractivity (Wildman–Crippen MR) is 84.0 cm³/mol. The number of ether oxygens (including phenoxy) is 2. The van der Waals surface area contributed by atoms with Gasteiger partial charge in [-0.25, -0.2) is 9.97 Å². The molecule has 0 saturated heterocycles. The molecular formula is C16H21N3O2. The van der Waals surface area contributed by atoms with Crippen molar-refractivity contribution in [2.24, 2.45) is 0 Å². The number of hydrogen-bond donors (Lipinski definition) is 1. The zero-order chi connectivity index (χ0) is 15.1. The molecule has 0 spiro atoms. The molecule has 1 aromatic heterocycles. The Morgan fingerprint density at radius 1 is 1.10 bits per heavy atom. The van der Waals surface area contributed by atoms with Gasteiger partial charge >= 0.3 is 0 Å². The lowest BCUT2D eigenvalue weighted by Crippen LogP contribution is -2.05. The average molecular weight is 287 g/mol. The largest absolute Gasteiger partial charge is 0.494 e. The van der Waals surface area contributed by atoms with E-state index in [2.05, 4.69) is 22.2 Å². The van der Waals surface area contributed by atoms with E-state index in [0.717, 1.165) is 35.8 Å². The summed E-state index contributed by atoms with van der Waals surface area (Å²) in [6, 6.07) is 7.80. The summed E-state index contributed by atoms with van der Waals surface area (Å²) in [5.74, 6) is 2.23. The number of nitrogens with one attached hydrogen (secondary N) is 1. The van der Waals surface area contributed by atoms with Crippen molar-refractivity contribution in [1.82, 2.24) is 9.97 Å². The zero-order valence-corrected chi connectivity index (χ0v) is 12.7. The van der Waals surface area contributed by atoms with Crippen molar-refractivity contribution < 1.29 is 9.47 Å². The van der Waals surface area contributed by atoms with Gasteiger partial charge in [0.05, 0.1) is 13.7 Å². The maximum absolute atomic E-state index is 5.49. The van der Waals surface area contributed by atoms with Gasteiger partial charge in [0.2, 0.25) is 0 Å². The van der Waals surface area contributed by atoms with Crippen molar-refractivity contribution in [3.8, 4) is 22.8 Å². The normalized spacial score (nSPS) is 10.2. The van der Waals surface area contributed by atoms with E-state index in [-0.39, 0.29) is 0 Å². The second kappa shape index (κ2) is 7.47. The molecule has 1 aromatic carbocycles. The molecule has 0 aliphatic heterocycles. The van der Waals surface area contributed by atoms with Crippen molar-refractivity contribution in [2.75, 3.05) is 25.6 Å². The molecule has 21 heavy (non-hydrogen) atoms. The first-order valence-electron chi connectivity index (χ1n) is 7.16. The van der Waals surface area contributed by atoms with E-state index < -0.39 is 0 Å². The molecule has 0 aliphatic rings. The predicted octanol–water partition coefficient (Wildman–Crippen LogP) is 3.37. The molecule has 0 atom stereocenters. The summed E-state index contributed by atoms with van der Waals surface area (Å²) in [7, 11) is 1.63. The first kappa shape index (κ1) is 15.1. The van der Waals surface area contributed by atoms with Crippen LogP contribution >= 0.6 is 0 Å². The van der Waals surface area contributed by atoms with Crippen LogP contribution in [0.2, 0.25) is 0 Å². The molecule has 0 aliphatic carbocycles. The number of nitrogens with zero attached hydrogens (tertiary/aromatic N) is 2. The summed E-state index contributed by atoms with van der Waals surface area (Å²) < 4.78 is 10.9. The number of aromatic nitrogens is 2. The van der Waals surface area contributed by atoms with Gasteiger partial charge in [-0.2, -0.15) is 0 Å². The minimum absolute atomic E-state index is 0.654. The van der Waals surface area contributed by atoms with Crippen LogP contribution in [-0.4, -0.2) is 30.2 Å². The van der Waals surface area contributed by atoms with Gasteiger partial charge in [-0.1, -0.05) is 6.92 Å². The third-order valence-electron chi connectivity index (χ3n) is 2.99. The Morgan fingerprint density at radius 2 is 1.86 bits per heavy atom. The van der Waals surface area contributed by atoms with E-state index in [4.69, 9.17) is 9.47 Å². The third kappa shape index (κ3) is 3.62. The Kier molecular flexibility index (Phi) is 5.37. The minimum Gasteiger partial charge on any atom is -0.494 e. The summed E-state index contributed by atoms with van der Waals surface area (Å²) in [5, 5.41) is 3.25. The molecule has 0 saturated carbocycles. The smallest absolute Gasteiger partial charge is 0.187 e. The van der Waals surface area contributed by atoms with Gasteiger partial charge < -0.3 is 14.8 Å². The summed E-state index contributed by atoms with van der Waals surface area (Å²) >= 11 is 0. The summed E-state index contributed by atoms with van der Waals surface area (Å²) in [6.07, 6.45) is 2.57. The van der Waals surface area contributed by atoms with E-state index in [1.54, 1.807) is 13.4 Å². The standard InChI is InChI=1S/C16H21N3O2/c1-4-10-17-16-15(20-3)14(18-11-19-16)12-6-8-13(9-7-12)21-5-2/h6-9,11H,4-5,10H2,1-3H3,(H,17,18,19). The molecule has 1 heterocycles. The molecule has 0 unspecified atom stereocenters. The molecule has 0 bridgehead atoms.